The Hall–Kier alpha value is -2.31. The maximum Gasteiger partial charge on any atom is 0.258 e. The van der Waals surface area contributed by atoms with Gasteiger partial charge in [0.2, 0.25) is 11.8 Å². The van der Waals surface area contributed by atoms with Crippen molar-refractivity contribution in [3.05, 3.63) is 17.8 Å². The van der Waals surface area contributed by atoms with Gasteiger partial charge in [-0.2, -0.15) is 5.10 Å². The molecule has 0 atom stereocenters. The number of nitrogens with zero attached hydrogens (tertiary/aromatic N) is 2. The molecule has 170 valence electrons. The number of aromatic nitrogens is 2. The van der Waals surface area contributed by atoms with Crippen molar-refractivity contribution in [1.29, 1.82) is 0 Å². The SMILES string of the molecule is CC(C)COc1c(C(=O)N[C@H]2C3CC4CC(C3)C[C@@H]2C4)cnn1/C=C/C(C)(C)C(N)=O. The van der Waals surface area contributed by atoms with Crippen molar-refractivity contribution in [2.75, 3.05) is 6.61 Å². The normalized spacial score (nSPS) is 29.6. The van der Waals surface area contributed by atoms with Crippen molar-refractivity contribution < 1.29 is 14.3 Å². The number of rotatable bonds is 8. The molecule has 0 saturated heterocycles. The average Bonchev–Trinajstić information content (AvgIpc) is 3.09. The Morgan fingerprint density at radius 2 is 1.84 bits per heavy atom. The molecule has 0 unspecified atom stereocenters. The van der Waals surface area contributed by atoms with Crippen molar-refractivity contribution in [3.63, 3.8) is 0 Å². The number of carbonyl (C=O) groups excluding carboxylic acids is 2. The molecule has 31 heavy (non-hydrogen) atoms. The molecule has 7 nitrogen and oxygen atoms in total. The molecule has 3 N–H and O–H groups in total. The fourth-order valence-electron chi connectivity index (χ4n) is 5.73. The first-order valence-corrected chi connectivity index (χ1v) is 11.6. The van der Waals surface area contributed by atoms with E-state index in [-0.39, 0.29) is 11.9 Å². The summed E-state index contributed by atoms with van der Waals surface area (Å²) in [7, 11) is 0. The van der Waals surface area contributed by atoms with Gasteiger partial charge in [-0.25, -0.2) is 4.68 Å². The van der Waals surface area contributed by atoms with Crippen LogP contribution in [-0.2, 0) is 4.79 Å². The Bertz CT molecular complexity index is 842. The standard InChI is InChI=1S/C24H36N4O3/c1-14(2)13-31-22-19(12-26-28(22)6-5-24(3,4)23(25)30)21(29)27-20-17-8-15-7-16(10-17)11-18(20)9-15/h5-6,12,14-18,20H,7-11,13H2,1-4H3,(H2,25,30)(H,27,29)/b6-5+/t15?,16?,17-,18?,20-/m1/s1. The lowest BCUT2D eigenvalue weighted by molar-refractivity contribution is -0.123. The Labute approximate surface area is 184 Å². The number of nitrogens with two attached hydrogens (primary N) is 1. The highest BCUT2D eigenvalue weighted by atomic mass is 16.5. The third-order valence-corrected chi connectivity index (χ3v) is 7.34. The van der Waals surface area contributed by atoms with Gasteiger partial charge < -0.3 is 15.8 Å². The number of hydrogen-bond donors (Lipinski definition) is 2. The zero-order chi connectivity index (χ0) is 22.3. The first-order valence-electron chi connectivity index (χ1n) is 11.6. The second kappa shape index (κ2) is 8.32. The summed E-state index contributed by atoms with van der Waals surface area (Å²) in [5.41, 5.74) is 5.08. The number of ether oxygens (including phenoxy) is 1. The molecular formula is C24H36N4O3. The predicted octanol–water partition coefficient (Wildman–Crippen LogP) is 3.45. The Morgan fingerprint density at radius 1 is 1.23 bits per heavy atom. The van der Waals surface area contributed by atoms with E-state index in [1.54, 1.807) is 32.3 Å². The van der Waals surface area contributed by atoms with Gasteiger partial charge in [-0.1, -0.05) is 19.9 Å². The Kier molecular flexibility index (Phi) is 5.88. The lowest BCUT2D eigenvalue weighted by atomic mass is 9.54. The van der Waals surface area contributed by atoms with E-state index < -0.39 is 11.3 Å². The van der Waals surface area contributed by atoms with Crippen LogP contribution in [0.5, 0.6) is 5.88 Å². The number of primary amides is 1. The van der Waals surface area contributed by atoms with Gasteiger partial charge in [0, 0.05) is 12.2 Å². The maximum atomic E-state index is 13.3. The molecule has 1 aromatic rings. The van der Waals surface area contributed by atoms with E-state index in [0.717, 1.165) is 11.8 Å². The summed E-state index contributed by atoms with van der Waals surface area (Å²) in [6.07, 6.45) is 11.3. The van der Waals surface area contributed by atoms with Crippen molar-refractivity contribution in [3.8, 4) is 5.88 Å². The van der Waals surface area contributed by atoms with Crippen LogP contribution in [0.25, 0.3) is 6.20 Å². The van der Waals surface area contributed by atoms with Gasteiger partial charge in [0.1, 0.15) is 5.56 Å². The molecule has 0 aliphatic heterocycles. The van der Waals surface area contributed by atoms with E-state index in [1.807, 2.05) is 0 Å². The zero-order valence-electron chi connectivity index (χ0n) is 19.1. The zero-order valence-corrected chi connectivity index (χ0v) is 19.1. The Balaban J connectivity index is 1.54. The first kappa shape index (κ1) is 21.9. The van der Waals surface area contributed by atoms with Crippen LogP contribution in [0.1, 0.15) is 70.2 Å². The fourth-order valence-corrected chi connectivity index (χ4v) is 5.73. The summed E-state index contributed by atoms with van der Waals surface area (Å²) < 4.78 is 7.52. The summed E-state index contributed by atoms with van der Waals surface area (Å²) >= 11 is 0. The van der Waals surface area contributed by atoms with E-state index >= 15 is 0 Å². The monoisotopic (exact) mass is 428 g/mol. The minimum absolute atomic E-state index is 0.120. The third-order valence-electron chi connectivity index (χ3n) is 7.34. The molecule has 1 aromatic heterocycles. The van der Waals surface area contributed by atoms with Gasteiger partial charge in [-0.3, -0.25) is 9.59 Å². The number of hydrogen-bond acceptors (Lipinski definition) is 4. The molecule has 4 aliphatic rings. The van der Waals surface area contributed by atoms with Crippen LogP contribution in [-0.4, -0.2) is 34.2 Å². The maximum absolute atomic E-state index is 13.3. The number of amides is 2. The summed E-state index contributed by atoms with van der Waals surface area (Å²) in [5, 5.41) is 7.69. The summed E-state index contributed by atoms with van der Waals surface area (Å²) in [6.45, 7) is 8.06. The molecule has 1 heterocycles. The third kappa shape index (κ3) is 4.51. The summed E-state index contributed by atoms with van der Waals surface area (Å²) in [4.78, 5) is 24.9. The molecular weight excluding hydrogens is 392 g/mol. The average molecular weight is 429 g/mol. The fraction of sp³-hybridized carbons (Fsp3) is 0.708. The van der Waals surface area contributed by atoms with Crippen molar-refractivity contribution in [2.24, 2.45) is 40.7 Å². The molecule has 2 amide bonds. The van der Waals surface area contributed by atoms with Crippen molar-refractivity contribution in [1.82, 2.24) is 15.1 Å². The van der Waals surface area contributed by atoms with Gasteiger partial charge in [0.05, 0.1) is 18.2 Å². The Morgan fingerprint density at radius 3 is 2.39 bits per heavy atom. The molecule has 0 radical (unpaired) electrons. The van der Waals surface area contributed by atoms with Gasteiger partial charge in [-0.15, -0.1) is 0 Å². The summed E-state index contributed by atoms with van der Waals surface area (Å²) in [5.74, 6) is 3.09. The van der Waals surface area contributed by atoms with Crippen LogP contribution in [0.15, 0.2) is 12.3 Å². The lowest BCUT2D eigenvalue weighted by Crippen LogP contribution is -2.55. The van der Waals surface area contributed by atoms with Crippen LogP contribution in [0.4, 0.5) is 0 Å². The highest BCUT2D eigenvalue weighted by molar-refractivity contribution is 5.96. The van der Waals surface area contributed by atoms with Gasteiger partial charge in [0.15, 0.2) is 0 Å². The van der Waals surface area contributed by atoms with E-state index in [2.05, 4.69) is 24.3 Å². The first-order chi connectivity index (χ1) is 14.6. The minimum atomic E-state index is -0.829. The molecule has 4 bridgehead atoms. The van der Waals surface area contributed by atoms with Crippen molar-refractivity contribution in [2.45, 2.75) is 65.8 Å². The predicted molar refractivity (Wildman–Crippen MR) is 119 cm³/mol. The smallest absolute Gasteiger partial charge is 0.258 e. The quantitative estimate of drug-likeness (QED) is 0.662. The van der Waals surface area contributed by atoms with Gasteiger partial charge in [-0.05, 0) is 75.5 Å². The summed E-state index contributed by atoms with van der Waals surface area (Å²) in [6, 6.07) is 0.255. The molecule has 0 aromatic carbocycles. The topological polar surface area (TPSA) is 99.2 Å². The van der Waals surface area contributed by atoms with E-state index in [4.69, 9.17) is 10.5 Å². The molecule has 4 aliphatic carbocycles. The van der Waals surface area contributed by atoms with E-state index in [0.29, 0.717) is 35.8 Å². The second-order valence-electron chi connectivity index (χ2n) is 10.8. The number of nitrogens with one attached hydrogen (secondary N) is 1. The van der Waals surface area contributed by atoms with Crippen LogP contribution >= 0.6 is 0 Å². The van der Waals surface area contributed by atoms with Crippen LogP contribution in [0.2, 0.25) is 0 Å². The molecule has 0 spiro atoms. The molecule has 4 fully saturated rings. The largest absolute Gasteiger partial charge is 0.477 e. The minimum Gasteiger partial charge on any atom is -0.477 e. The van der Waals surface area contributed by atoms with Crippen LogP contribution < -0.4 is 15.8 Å². The number of carbonyl (C=O) groups is 2. The molecule has 7 heteroatoms. The highest BCUT2D eigenvalue weighted by Gasteiger charge is 2.48. The lowest BCUT2D eigenvalue weighted by Gasteiger charge is -2.54. The second-order valence-corrected chi connectivity index (χ2v) is 10.8. The molecule has 4 saturated carbocycles. The van der Waals surface area contributed by atoms with Crippen LogP contribution in [0.3, 0.4) is 0 Å². The van der Waals surface area contributed by atoms with Crippen molar-refractivity contribution >= 4 is 18.0 Å². The highest BCUT2D eigenvalue weighted by Crippen LogP contribution is 2.53. The van der Waals surface area contributed by atoms with E-state index in [1.165, 1.54) is 36.8 Å². The molecule has 5 rings (SSSR count). The van der Waals surface area contributed by atoms with Gasteiger partial charge in [0.25, 0.3) is 5.91 Å². The van der Waals surface area contributed by atoms with Gasteiger partial charge >= 0.3 is 0 Å². The van der Waals surface area contributed by atoms with Crippen LogP contribution in [0, 0.1) is 35.0 Å². The van der Waals surface area contributed by atoms with E-state index in [9.17, 15) is 9.59 Å².